The molecule has 2 aliphatic heterocycles. The van der Waals surface area contributed by atoms with Crippen LogP contribution in [0, 0.1) is 5.82 Å². The van der Waals surface area contributed by atoms with Gasteiger partial charge in [-0.3, -0.25) is 14.4 Å². The lowest BCUT2D eigenvalue weighted by atomic mass is 9.89. The summed E-state index contributed by atoms with van der Waals surface area (Å²) in [5, 5.41) is 8.79. The molecule has 178 valence electrons. The highest BCUT2D eigenvalue weighted by Crippen LogP contribution is 2.30. The predicted octanol–water partition coefficient (Wildman–Crippen LogP) is 4.30. The van der Waals surface area contributed by atoms with Crippen LogP contribution in [0.1, 0.15) is 42.7 Å². The third-order valence-electron chi connectivity index (χ3n) is 6.81. The number of halogens is 1. The highest BCUT2D eigenvalue weighted by atomic mass is 19.1. The van der Waals surface area contributed by atoms with Crippen molar-refractivity contribution in [2.75, 3.05) is 13.2 Å². The Morgan fingerprint density at radius 3 is 2.65 bits per heavy atom. The van der Waals surface area contributed by atoms with Gasteiger partial charge >= 0.3 is 0 Å². The third kappa shape index (κ3) is 4.76. The summed E-state index contributed by atoms with van der Waals surface area (Å²) in [7, 11) is 0. The quantitative estimate of drug-likeness (QED) is 0.555. The number of morpholine rings is 1. The zero-order valence-electron chi connectivity index (χ0n) is 19.7. The summed E-state index contributed by atoms with van der Waals surface area (Å²) in [6, 6.07) is 15.1. The maximum absolute atomic E-state index is 13.7. The van der Waals surface area contributed by atoms with Gasteiger partial charge in [0.1, 0.15) is 5.82 Å². The van der Waals surface area contributed by atoms with Crippen LogP contribution >= 0.6 is 0 Å². The number of benzene rings is 2. The smallest absolute Gasteiger partial charge is 0.272 e. The number of allylic oxidation sites excluding steroid dienone is 2. The first-order chi connectivity index (χ1) is 16.5. The Bertz CT molecular complexity index is 1200. The molecule has 0 radical (unpaired) electrons. The molecule has 3 heterocycles. The topological polar surface area (TPSA) is 59.4 Å². The van der Waals surface area contributed by atoms with Crippen molar-refractivity contribution in [1.29, 1.82) is 0 Å². The van der Waals surface area contributed by atoms with Gasteiger partial charge in [-0.15, -0.1) is 0 Å². The molecular formula is C27H31FN4O2. The van der Waals surface area contributed by atoms with Crippen LogP contribution in [0.3, 0.4) is 0 Å². The maximum Gasteiger partial charge on any atom is 0.272 e. The van der Waals surface area contributed by atoms with Crippen LogP contribution in [-0.2, 0) is 17.8 Å². The molecule has 1 N–H and O–H groups in total. The molecule has 2 bridgehead atoms. The molecular weight excluding hydrogens is 431 g/mol. The second-order valence-electron chi connectivity index (χ2n) is 9.62. The lowest BCUT2D eigenvalue weighted by Gasteiger charge is -2.48. The van der Waals surface area contributed by atoms with Gasteiger partial charge in [0, 0.05) is 30.1 Å². The summed E-state index contributed by atoms with van der Waals surface area (Å²) in [6.07, 6.45) is 3.71. The fourth-order valence-corrected chi connectivity index (χ4v) is 5.17. The Morgan fingerprint density at radius 2 is 1.91 bits per heavy atom. The van der Waals surface area contributed by atoms with Gasteiger partial charge in [0.15, 0.2) is 5.69 Å². The molecule has 5 rings (SSSR count). The molecule has 0 spiro atoms. The van der Waals surface area contributed by atoms with Crippen molar-refractivity contribution in [2.45, 2.75) is 57.9 Å². The van der Waals surface area contributed by atoms with Crippen LogP contribution < -0.4 is 5.32 Å². The molecule has 1 amide bonds. The van der Waals surface area contributed by atoms with E-state index < -0.39 is 0 Å². The number of nitrogens with zero attached hydrogens (tertiary/aromatic N) is 3. The maximum atomic E-state index is 13.7. The molecule has 1 unspecified atom stereocenters. The van der Waals surface area contributed by atoms with Crippen LogP contribution in [0.4, 0.5) is 4.39 Å². The van der Waals surface area contributed by atoms with Crippen LogP contribution in [0.5, 0.6) is 0 Å². The molecule has 0 saturated carbocycles. The van der Waals surface area contributed by atoms with Crippen LogP contribution in [0.25, 0.3) is 10.9 Å². The monoisotopic (exact) mass is 462 g/mol. The first-order valence-corrected chi connectivity index (χ1v) is 12.0. The lowest BCUT2D eigenvalue weighted by molar-refractivity contribution is -0.0843. The Morgan fingerprint density at radius 1 is 1.15 bits per heavy atom. The normalized spacial score (nSPS) is 22.5. The Labute approximate surface area is 199 Å². The molecule has 1 aromatic heterocycles. The van der Waals surface area contributed by atoms with Gasteiger partial charge in [0.2, 0.25) is 0 Å². The highest BCUT2D eigenvalue weighted by Gasteiger charge is 2.39. The third-order valence-corrected chi connectivity index (χ3v) is 6.81. The summed E-state index contributed by atoms with van der Waals surface area (Å²) < 4.78 is 21.4. The van der Waals surface area contributed by atoms with Crippen molar-refractivity contribution >= 4 is 16.8 Å². The van der Waals surface area contributed by atoms with Gasteiger partial charge in [-0.1, -0.05) is 42.0 Å². The molecule has 3 atom stereocenters. The number of ether oxygens (including phenoxy) is 1. The minimum absolute atomic E-state index is 0.0526. The zero-order chi connectivity index (χ0) is 23.7. The number of hydrogen-bond acceptors (Lipinski definition) is 4. The van der Waals surface area contributed by atoms with E-state index in [2.05, 4.69) is 35.2 Å². The average Bonchev–Trinajstić information content (AvgIpc) is 3.17. The van der Waals surface area contributed by atoms with E-state index in [0.29, 0.717) is 32.0 Å². The number of aromatic nitrogens is 2. The van der Waals surface area contributed by atoms with E-state index in [1.807, 2.05) is 35.0 Å². The molecule has 2 fully saturated rings. The first-order valence-electron chi connectivity index (χ1n) is 12.0. The number of carbonyl (C=O) groups is 1. The van der Waals surface area contributed by atoms with E-state index in [9.17, 15) is 9.18 Å². The van der Waals surface area contributed by atoms with Gasteiger partial charge in [0.25, 0.3) is 5.91 Å². The van der Waals surface area contributed by atoms with Crippen LogP contribution in [-0.4, -0.2) is 51.9 Å². The Kier molecular flexibility index (Phi) is 6.48. The molecule has 2 aliphatic rings. The van der Waals surface area contributed by atoms with Crippen LogP contribution in [0.15, 0.2) is 60.2 Å². The number of piperidine rings is 1. The molecule has 0 aliphatic carbocycles. The van der Waals surface area contributed by atoms with Gasteiger partial charge in [-0.05, 0) is 50.5 Å². The van der Waals surface area contributed by atoms with Crippen molar-refractivity contribution < 1.29 is 13.9 Å². The van der Waals surface area contributed by atoms with Gasteiger partial charge in [-0.25, -0.2) is 4.39 Å². The second-order valence-corrected chi connectivity index (χ2v) is 9.62. The Balaban J connectivity index is 1.31. The predicted molar refractivity (Wildman–Crippen MR) is 130 cm³/mol. The van der Waals surface area contributed by atoms with Crippen molar-refractivity contribution in [2.24, 2.45) is 0 Å². The average molecular weight is 463 g/mol. The minimum atomic E-state index is -0.211. The van der Waals surface area contributed by atoms with E-state index >= 15 is 0 Å². The SMILES string of the molecule is CC(C)=CCn1nc(C(=O)NC2C[C@H]3COC[C@@H](C2)N3Cc2cccc(F)c2)c2ccccc21. The fraction of sp³-hybridized carbons (Fsp3) is 0.407. The number of nitrogens with one attached hydrogen (secondary N) is 1. The van der Waals surface area contributed by atoms with Crippen molar-refractivity contribution in [3.8, 4) is 0 Å². The zero-order valence-corrected chi connectivity index (χ0v) is 19.7. The van der Waals surface area contributed by atoms with Gasteiger partial charge in [0.05, 0.1) is 25.3 Å². The summed E-state index contributed by atoms with van der Waals surface area (Å²) in [6.45, 7) is 6.69. The van der Waals surface area contributed by atoms with E-state index in [-0.39, 0.29) is 29.8 Å². The van der Waals surface area contributed by atoms with Gasteiger partial charge in [-0.2, -0.15) is 5.10 Å². The number of hydrogen-bond donors (Lipinski definition) is 1. The lowest BCUT2D eigenvalue weighted by Crippen LogP contribution is -2.60. The van der Waals surface area contributed by atoms with E-state index in [1.165, 1.54) is 11.6 Å². The van der Waals surface area contributed by atoms with E-state index in [1.54, 1.807) is 12.1 Å². The standard InChI is InChI=1S/C27H31FN4O2/c1-18(2)10-11-32-25-9-4-3-8-24(25)26(30-32)27(33)29-21-13-22-16-34-17-23(14-21)31(22)15-19-6-5-7-20(28)12-19/h3-10,12,21-23H,11,13-17H2,1-2H3,(H,29,33)/t21?,22-,23+. The number of amides is 1. The summed E-state index contributed by atoms with van der Waals surface area (Å²) in [5.74, 6) is -0.341. The summed E-state index contributed by atoms with van der Waals surface area (Å²) in [5.41, 5.74) is 3.61. The number of fused-ring (bicyclic) bond motifs is 3. The molecule has 2 saturated heterocycles. The summed E-state index contributed by atoms with van der Waals surface area (Å²) in [4.78, 5) is 15.7. The summed E-state index contributed by atoms with van der Waals surface area (Å²) >= 11 is 0. The second kappa shape index (κ2) is 9.68. The molecule has 6 nitrogen and oxygen atoms in total. The molecule has 3 aromatic rings. The number of para-hydroxylation sites is 1. The number of rotatable bonds is 6. The first kappa shape index (κ1) is 22.7. The highest BCUT2D eigenvalue weighted by molar-refractivity contribution is 6.05. The van der Waals surface area contributed by atoms with Crippen molar-refractivity contribution in [3.05, 3.63) is 77.3 Å². The van der Waals surface area contributed by atoms with E-state index in [0.717, 1.165) is 29.3 Å². The van der Waals surface area contributed by atoms with Crippen LogP contribution in [0.2, 0.25) is 0 Å². The fourth-order valence-electron chi connectivity index (χ4n) is 5.17. The Hall–Kier alpha value is -3.03. The minimum Gasteiger partial charge on any atom is -0.378 e. The van der Waals surface area contributed by atoms with E-state index in [4.69, 9.17) is 4.74 Å². The molecule has 2 aromatic carbocycles. The number of carbonyl (C=O) groups excluding carboxylic acids is 1. The van der Waals surface area contributed by atoms with Crippen molar-refractivity contribution in [1.82, 2.24) is 20.0 Å². The molecule has 34 heavy (non-hydrogen) atoms. The largest absolute Gasteiger partial charge is 0.378 e. The molecule has 7 heteroatoms. The van der Waals surface area contributed by atoms with Gasteiger partial charge < -0.3 is 10.1 Å². The van der Waals surface area contributed by atoms with Crippen molar-refractivity contribution in [3.63, 3.8) is 0 Å².